The molecule has 1 fully saturated rings. The monoisotopic (exact) mass is 223 g/mol. The molecule has 1 saturated heterocycles. The van der Waals surface area contributed by atoms with Gasteiger partial charge in [0.25, 0.3) is 0 Å². The molecule has 1 N–H and O–H groups in total. The highest BCUT2D eigenvalue weighted by Crippen LogP contribution is 2.22. The summed E-state index contributed by atoms with van der Waals surface area (Å²) >= 11 is 0. The van der Waals surface area contributed by atoms with Gasteiger partial charge in [0, 0.05) is 32.0 Å². The van der Waals surface area contributed by atoms with E-state index in [9.17, 15) is 5.11 Å². The maximum atomic E-state index is 9.87. The van der Waals surface area contributed by atoms with Crippen molar-refractivity contribution in [1.82, 2.24) is 14.5 Å². The van der Waals surface area contributed by atoms with E-state index in [0.29, 0.717) is 0 Å². The predicted molar refractivity (Wildman–Crippen MR) is 63.0 cm³/mol. The van der Waals surface area contributed by atoms with Gasteiger partial charge in [-0.25, -0.2) is 4.98 Å². The third-order valence-corrected chi connectivity index (χ3v) is 3.44. The molecule has 0 bridgehead atoms. The van der Waals surface area contributed by atoms with Crippen molar-refractivity contribution in [3.63, 3.8) is 0 Å². The van der Waals surface area contributed by atoms with E-state index in [0.717, 1.165) is 44.8 Å². The molecule has 90 valence electrons. The van der Waals surface area contributed by atoms with Gasteiger partial charge in [0.05, 0.1) is 12.1 Å². The molecule has 0 radical (unpaired) electrons. The smallest absolute Gasteiger partial charge is 0.122 e. The van der Waals surface area contributed by atoms with Crippen LogP contribution in [0.2, 0.25) is 0 Å². The van der Waals surface area contributed by atoms with Crippen molar-refractivity contribution in [3.8, 4) is 0 Å². The summed E-state index contributed by atoms with van der Waals surface area (Å²) < 4.78 is 2.17. The third-order valence-electron chi connectivity index (χ3n) is 3.44. The van der Waals surface area contributed by atoms with Gasteiger partial charge in [0.2, 0.25) is 0 Å². The lowest BCUT2D eigenvalue weighted by atomic mass is 9.94. The molecule has 0 aliphatic carbocycles. The van der Waals surface area contributed by atoms with Crippen LogP contribution in [-0.2, 0) is 13.1 Å². The van der Waals surface area contributed by atoms with E-state index in [1.807, 2.05) is 19.3 Å². The third kappa shape index (κ3) is 2.62. The predicted octanol–water partition coefficient (Wildman–Crippen LogP) is 1.25. The highest BCUT2D eigenvalue weighted by atomic mass is 16.3. The second-order valence-corrected chi connectivity index (χ2v) is 4.90. The van der Waals surface area contributed by atoms with Crippen LogP contribution in [0.4, 0.5) is 0 Å². The topological polar surface area (TPSA) is 41.3 Å². The van der Waals surface area contributed by atoms with E-state index < -0.39 is 5.60 Å². The molecule has 0 aromatic carbocycles. The summed E-state index contributed by atoms with van der Waals surface area (Å²) in [6, 6.07) is 0. The van der Waals surface area contributed by atoms with E-state index >= 15 is 0 Å². The average Bonchev–Trinajstić information content (AvgIpc) is 2.68. The lowest BCUT2D eigenvalue weighted by Gasteiger charge is -2.35. The van der Waals surface area contributed by atoms with E-state index in [1.54, 1.807) is 0 Å². The number of imidazole rings is 1. The summed E-state index contributed by atoms with van der Waals surface area (Å²) in [4.78, 5) is 6.74. The number of hydrogen-bond acceptors (Lipinski definition) is 3. The Kier molecular flexibility index (Phi) is 3.30. The second kappa shape index (κ2) is 4.55. The Morgan fingerprint density at radius 3 is 2.75 bits per heavy atom. The fourth-order valence-electron chi connectivity index (χ4n) is 2.17. The van der Waals surface area contributed by atoms with Gasteiger partial charge in [-0.05, 0) is 26.7 Å². The zero-order valence-electron chi connectivity index (χ0n) is 10.2. The van der Waals surface area contributed by atoms with Gasteiger partial charge in [-0.2, -0.15) is 0 Å². The molecule has 1 aromatic heterocycles. The minimum absolute atomic E-state index is 0.462. The summed E-state index contributed by atoms with van der Waals surface area (Å²) in [5.41, 5.74) is -0.462. The molecular formula is C12H21N3O. The van der Waals surface area contributed by atoms with E-state index in [4.69, 9.17) is 0 Å². The molecule has 1 aliphatic heterocycles. The molecule has 0 spiro atoms. The fraction of sp³-hybridized carbons (Fsp3) is 0.750. The SMILES string of the molecule is CCn1ccnc1CN1CCC(C)(O)CC1. The van der Waals surface area contributed by atoms with Crippen molar-refractivity contribution < 1.29 is 5.11 Å². The second-order valence-electron chi connectivity index (χ2n) is 4.90. The zero-order chi connectivity index (χ0) is 11.6. The normalized spacial score (nSPS) is 21.2. The van der Waals surface area contributed by atoms with Gasteiger partial charge in [-0.1, -0.05) is 0 Å². The zero-order valence-corrected chi connectivity index (χ0v) is 10.2. The maximum Gasteiger partial charge on any atom is 0.122 e. The van der Waals surface area contributed by atoms with Crippen LogP contribution < -0.4 is 0 Å². The fourth-order valence-corrected chi connectivity index (χ4v) is 2.17. The van der Waals surface area contributed by atoms with E-state index in [1.165, 1.54) is 0 Å². The van der Waals surface area contributed by atoms with Crippen LogP contribution >= 0.6 is 0 Å². The summed E-state index contributed by atoms with van der Waals surface area (Å²) in [5, 5.41) is 9.87. The van der Waals surface area contributed by atoms with Gasteiger partial charge in [-0.3, -0.25) is 4.90 Å². The lowest BCUT2D eigenvalue weighted by Crippen LogP contribution is -2.42. The minimum Gasteiger partial charge on any atom is -0.390 e. The molecular weight excluding hydrogens is 202 g/mol. The van der Waals surface area contributed by atoms with Gasteiger partial charge in [0.15, 0.2) is 0 Å². The van der Waals surface area contributed by atoms with Crippen LogP contribution in [-0.4, -0.2) is 38.2 Å². The van der Waals surface area contributed by atoms with Crippen LogP contribution in [0.1, 0.15) is 32.5 Å². The molecule has 16 heavy (non-hydrogen) atoms. The Bertz CT molecular complexity index is 336. The Morgan fingerprint density at radius 1 is 1.44 bits per heavy atom. The standard InChI is InChI=1S/C12H21N3O/c1-3-15-9-6-13-11(15)10-14-7-4-12(2,16)5-8-14/h6,9,16H,3-5,7-8,10H2,1-2H3. The number of piperidine rings is 1. The van der Waals surface area contributed by atoms with Crippen LogP contribution in [0.15, 0.2) is 12.4 Å². The first-order valence-electron chi connectivity index (χ1n) is 6.05. The van der Waals surface area contributed by atoms with E-state index in [2.05, 4.69) is 21.4 Å². The highest BCUT2D eigenvalue weighted by Gasteiger charge is 2.27. The Morgan fingerprint density at radius 2 is 2.12 bits per heavy atom. The van der Waals surface area contributed by atoms with Crippen molar-refractivity contribution in [3.05, 3.63) is 18.2 Å². The molecule has 0 atom stereocenters. The first-order valence-corrected chi connectivity index (χ1v) is 6.05. The van der Waals surface area contributed by atoms with Crippen molar-refractivity contribution in [2.75, 3.05) is 13.1 Å². The van der Waals surface area contributed by atoms with Crippen molar-refractivity contribution in [2.45, 2.75) is 45.4 Å². The summed E-state index contributed by atoms with van der Waals surface area (Å²) in [5.74, 6) is 1.13. The van der Waals surface area contributed by atoms with Gasteiger partial charge >= 0.3 is 0 Å². The van der Waals surface area contributed by atoms with Crippen molar-refractivity contribution in [1.29, 1.82) is 0 Å². The minimum atomic E-state index is -0.462. The van der Waals surface area contributed by atoms with Gasteiger partial charge in [-0.15, -0.1) is 0 Å². The van der Waals surface area contributed by atoms with Crippen LogP contribution in [0, 0.1) is 0 Å². The molecule has 2 heterocycles. The number of aliphatic hydroxyl groups is 1. The molecule has 4 heteroatoms. The van der Waals surface area contributed by atoms with Crippen LogP contribution in [0.3, 0.4) is 0 Å². The molecule has 1 aliphatic rings. The number of aromatic nitrogens is 2. The summed E-state index contributed by atoms with van der Waals surface area (Å²) in [6.45, 7) is 7.86. The summed E-state index contributed by atoms with van der Waals surface area (Å²) in [7, 11) is 0. The first kappa shape index (κ1) is 11.6. The Hall–Kier alpha value is -0.870. The molecule has 0 amide bonds. The molecule has 4 nitrogen and oxygen atoms in total. The Labute approximate surface area is 96.9 Å². The van der Waals surface area contributed by atoms with Crippen molar-refractivity contribution >= 4 is 0 Å². The largest absolute Gasteiger partial charge is 0.390 e. The van der Waals surface area contributed by atoms with Gasteiger partial charge < -0.3 is 9.67 Å². The summed E-state index contributed by atoms with van der Waals surface area (Å²) in [6.07, 6.45) is 5.61. The molecule has 0 saturated carbocycles. The van der Waals surface area contributed by atoms with Crippen LogP contribution in [0.5, 0.6) is 0 Å². The Balaban J connectivity index is 1.92. The van der Waals surface area contributed by atoms with Crippen molar-refractivity contribution in [2.24, 2.45) is 0 Å². The first-order chi connectivity index (χ1) is 7.61. The molecule has 1 aromatic rings. The molecule has 2 rings (SSSR count). The van der Waals surface area contributed by atoms with Crippen LogP contribution in [0.25, 0.3) is 0 Å². The average molecular weight is 223 g/mol. The number of rotatable bonds is 3. The number of aryl methyl sites for hydroxylation is 1. The highest BCUT2D eigenvalue weighted by molar-refractivity contribution is 4.93. The van der Waals surface area contributed by atoms with E-state index in [-0.39, 0.29) is 0 Å². The molecule has 0 unspecified atom stereocenters. The number of nitrogens with zero attached hydrogens (tertiary/aromatic N) is 3. The quantitative estimate of drug-likeness (QED) is 0.838. The number of hydrogen-bond donors (Lipinski definition) is 1. The maximum absolute atomic E-state index is 9.87. The lowest BCUT2D eigenvalue weighted by molar-refractivity contribution is -0.00808. The van der Waals surface area contributed by atoms with Gasteiger partial charge in [0.1, 0.15) is 5.82 Å². The number of likely N-dealkylation sites (tertiary alicyclic amines) is 1.